The molecule has 0 bridgehead atoms. The van der Waals surface area contributed by atoms with Gasteiger partial charge >= 0.3 is 11.9 Å². The van der Waals surface area contributed by atoms with Crippen LogP contribution in [0.3, 0.4) is 0 Å². The predicted molar refractivity (Wildman–Crippen MR) is 84.2 cm³/mol. The minimum absolute atomic E-state index is 0.0482. The van der Waals surface area contributed by atoms with Gasteiger partial charge < -0.3 is 10.2 Å². The van der Waals surface area contributed by atoms with Gasteiger partial charge in [-0.15, -0.1) is 0 Å². The number of carboxylic acids is 2. The molecule has 0 aliphatic heterocycles. The molecule has 0 saturated heterocycles. The van der Waals surface area contributed by atoms with Crippen LogP contribution in [0, 0.1) is 22.2 Å². The Bertz CT molecular complexity index is 355. The summed E-state index contributed by atoms with van der Waals surface area (Å²) in [7, 11) is 0. The number of carboxylic acid groups (broad SMARTS) is 2. The second kappa shape index (κ2) is 6.80. The molecule has 0 spiro atoms. The van der Waals surface area contributed by atoms with Crippen molar-refractivity contribution in [1.29, 1.82) is 0 Å². The lowest BCUT2D eigenvalue weighted by atomic mass is 9.58. The van der Waals surface area contributed by atoms with Gasteiger partial charge in [0, 0.05) is 0 Å². The van der Waals surface area contributed by atoms with Gasteiger partial charge in [0.25, 0.3) is 0 Å². The van der Waals surface area contributed by atoms with Crippen molar-refractivity contribution in [2.45, 2.75) is 74.1 Å². The molecule has 0 amide bonds. The summed E-state index contributed by atoms with van der Waals surface area (Å²) >= 11 is 0. The number of carbonyl (C=O) groups is 2. The molecule has 124 valence electrons. The van der Waals surface area contributed by atoms with E-state index in [9.17, 15) is 14.7 Å². The highest BCUT2D eigenvalue weighted by Crippen LogP contribution is 2.50. The van der Waals surface area contributed by atoms with E-state index < -0.39 is 23.3 Å². The zero-order chi connectivity index (χ0) is 17.1. The highest BCUT2D eigenvalue weighted by atomic mass is 16.4. The van der Waals surface area contributed by atoms with Crippen molar-refractivity contribution in [3.63, 3.8) is 0 Å². The molecule has 0 aromatic heterocycles. The summed E-state index contributed by atoms with van der Waals surface area (Å²) in [6, 6.07) is 0. The van der Waals surface area contributed by atoms with Crippen molar-refractivity contribution in [2.75, 3.05) is 0 Å². The Labute approximate surface area is 128 Å². The molecule has 1 unspecified atom stereocenters. The number of rotatable bonds is 7. The standard InChI is InChI=1S/C17H32O4/c1-8-17(10-15(2,3)4,11-16(5,6)7)12(14(20)21)9-13(18)19/h12H,8-11H2,1-7H3,(H,18,19)(H,20,21). The average molecular weight is 300 g/mol. The molecule has 0 radical (unpaired) electrons. The second-order valence-corrected chi connectivity index (χ2v) is 8.68. The Balaban J connectivity index is 5.81. The number of hydrogen-bond donors (Lipinski definition) is 2. The first-order valence-corrected chi connectivity index (χ1v) is 7.67. The van der Waals surface area contributed by atoms with Crippen LogP contribution < -0.4 is 0 Å². The van der Waals surface area contributed by atoms with Crippen LogP contribution in [0.2, 0.25) is 0 Å². The molecule has 4 heteroatoms. The monoisotopic (exact) mass is 300 g/mol. The average Bonchev–Trinajstić information content (AvgIpc) is 2.20. The Hall–Kier alpha value is -1.06. The van der Waals surface area contributed by atoms with E-state index in [2.05, 4.69) is 41.5 Å². The van der Waals surface area contributed by atoms with Crippen LogP contribution in [-0.4, -0.2) is 22.2 Å². The van der Waals surface area contributed by atoms with Gasteiger partial charge in [0.1, 0.15) is 0 Å². The Kier molecular flexibility index (Phi) is 6.46. The van der Waals surface area contributed by atoms with Gasteiger partial charge in [-0.3, -0.25) is 9.59 Å². The van der Waals surface area contributed by atoms with E-state index in [0.29, 0.717) is 19.3 Å². The molecule has 0 heterocycles. The first-order valence-electron chi connectivity index (χ1n) is 7.67. The molecule has 0 aliphatic carbocycles. The summed E-state index contributed by atoms with van der Waals surface area (Å²) in [4.78, 5) is 22.9. The zero-order valence-corrected chi connectivity index (χ0v) is 14.6. The Morgan fingerprint density at radius 1 is 0.905 bits per heavy atom. The fourth-order valence-corrected chi connectivity index (χ4v) is 3.66. The van der Waals surface area contributed by atoms with Gasteiger partial charge in [0.2, 0.25) is 0 Å². The summed E-state index contributed by atoms with van der Waals surface area (Å²) < 4.78 is 0. The minimum Gasteiger partial charge on any atom is -0.481 e. The molecule has 0 fully saturated rings. The van der Waals surface area contributed by atoms with E-state index in [1.165, 1.54) is 0 Å². The zero-order valence-electron chi connectivity index (χ0n) is 14.6. The molecule has 0 aliphatic rings. The summed E-state index contributed by atoms with van der Waals surface area (Å²) in [5.74, 6) is -2.88. The Morgan fingerprint density at radius 3 is 1.48 bits per heavy atom. The first-order chi connectivity index (χ1) is 9.22. The SMILES string of the molecule is CCC(CC(C)(C)C)(CC(C)(C)C)C(CC(=O)O)C(=O)O. The molecule has 2 N–H and O–H groups in total. The summed E-state index contributed by atoms with van der Waals surface area (Å²) in [5.41, 5.74) is -0.596. The maximum Gasteiger partial charge on any atom is 0.307 e. The van der Waals surface area contributed by atoms with E-state index in [1.54, 1.807) is 0 Å². The van der Waals surface area contributed by atoms with Crippen LogP contribution in [-0.2, 0) is 9.59 Å². The minimum atomic E-state index is -1.04. The maximum absolute atomic E-state index is 11.7. The van der Waals surface area contributed by atoms with E-state index in [4.69, 9.17) is 5.11 Å². The molecule has 0 aromatic carbocycles. The van der Waals surface area contributed by atoms with E-state index >= 15 is 0 Å². The van der Waals surface area contributed by atoms with Crippen molar-refractivity contribution in [2.24, 2.45) is 22.2 Å². The third-order valence-electron chi connectivity index (χ3n) is 3.88. The molecule has 0 rings (SSSR count). The van der Waals surface area contributed by atoms with Crippen LogP contribution in [0.4, 0.5) is 0 Å². The highest BCUT2D eigenvalue weighted by molar-refractivity contribution is 5.78. The summed E-state index contributed by atoms with van der Waals surface area (Å²) in [5, 5.41) is 18.7. The Morgan fingerprint density at radius 2 is 1.29 bits per heavy atom. The lowest BCUT2D eigenvalue weighted by Crippen LogP contribution is -2.42. The number of hydrogen-bond acceptors (Lipinski definition) is 2. The van der Waals surface area contributed by atoms with Crippen molar-refractivity contribution in [1.82, 2.24) is 0 Å². The van der Waals surface area contributed by atoms with Crippen molar-refractivity contribution in [3.05, 3.63) is 0 Å². The fraction of sp³-hybridized carbons (Fsp3) is 0.882. The van der Waals surface area contributed by atoms with Gasteiger partial charge in [-0.25, -0.2) is 0 Å². The quantitative estimate of drug-likeness (QED) is 0.729. The van der Waals surface area contributed by atoms with Crippen LogP contribution in [0.5, 0.6) is 0 Å². The molecule has 4 nitrogen and oxygen atoms in total. The molecular weight excluding hydrogens is 268 g/mol. The lowest BCUT2D eigenvalue weighted by Gasteiger charge is -2.45. The van der Waals surface area contributed by atoms with Gasteiger partial charge in [-0.1, -0.05) is 48.5 Å². The lowest BCUT2D eigenvalue weighted by molar-refractivity contribution is -0.156. The van der Waals surface area contributed by atoms with Crippen LogP contribution >= 0.6 is 0 Å². The maximum atomic E-state index is 11.7. The van der Waals surface area contributed by atoms with Gasteiger partial charge in [0.15, 0.2) is 0 Å². The largest absolute Gasteiger partial charge is 0.481 e. The number of aliphatic carboxylic acids is 2. The van der Waals surface area contributed by atoms with Gasteiger partial charge in [-0.2, -0.15) is 0 Å². The van der Waals surface area contributed by atoms with Crippen LogP contribution in [0.15, 0.2) is 0 Å². The topological polar surface area (TPSA) is 74.6 Å². The third-order valence-corrected chi connectivity index (χ3v) is 3.88. The van der Waals surface area contributed by atoms with Gasteiger partial charge in [-0.05, 0) is 35.5 Å². The highest BCUT2D eigenvalue weighted by Gasteiger charge is 2.46. The molecule has 0 aromatic rings. The van der Waals surface area contributed by atoms with Crippen molar-refractivity contribution in [3.8, 4) is 0 Å². The third kappa shape index (κ3) is 6.96. The van der Waals surface area contributed by atoms with Crippen LogP contribution in [0.1, 0.15) is 74.1 Å². The second-order valence-electron chi connectivity index (χ2n) is 8.68. The molecule has 1 atom stereocenters. The van der Waals surface area contributed by atoms with E-state index in [0.717, 1.165) is 0 Å². The first kappa shape index (κ1) is 19.9. The smallest absolute Gasteiger partial charge is 0.307 e. The normalized spacial score (nSPS) is 14.8. The molecular formula is C17H32O4. The van der Waals surface area contributed by atoms with E-state index in [1.807, 2.05) is 6.92 Å². The fourth-order valence-electron chi connectivity index (χ4n) is 3.66. The van der Waals surface area contributed by atoms with Crippen molar-refractivity contribution >= 4 is 11.9 Å². The van der Waals surface area contributed by atoms with Crippen molar-refractivity contribution < 1.29 is 19.8 Å². The van der Waals surface area contributed by atoms with Crippen LogP contribution in [0.25, 0.3) is 0 Å². The summed E-state index contributed by atoms with van der Waals surface area (Å²) in [6.45, 7) is 14.5. The molecule has 21 heavy (non-hydrogen) atoms. The summed E-state index contributed by atoms with van der Waals surface area (Å²) in [6.07, 6.45) is 1.77. The van der Waals surface area contributed by atoms with Gasteiger partial charge in [0.05, 0.1) is 12.3 Å². The molecule has 0 saturated carbocycles. The predicted octanol–water partition coefficient (Wildman–Crippen LogP) is 4.43. The van der Waals surface area contributed by atoms with E-state index in [-0.39, 0.29) is 17.3 Å².